The van der Waals surface area contributed by atoms with Gasteiger partial charge in [0.05, 0.1) is 11.3 Å². The van der Waals surface area contributed by atoms with Gasteiger partial charge in [-0.2, -0.15) is 0 Å². The lowest BCUT2D eigenvalue weighted by molar-refractivity contribution is -0.120. The van der Waals surface area contributed by atoms with Crippen molar-refractivity contribution in [3.05, 3.63) is 65.9 Å². The summed E-state index contributed by atoms with van der Waals surface area (Å²) in [6.07, 6.45) is 2.38. The molecule has 0 spiro atoms. The zero-order valence-corrected chi connectivity index (χ0v) is 13.2. The van der Waals surface area contributed by atoms with E-state index < -0.39 is 6.04 Å². The van der Waals surface area contributed by atoms with Crippen LogP contribution in [0.3, 0.4) is 0 Å². The molecule has 5 nitrogen and oxygen atoms in total. The largest absolute Gasteiger partial charge is 0.361 e. The number of likely N-dealkylation sites (N-methyl/N-ethyl adjacent to an activating group) is 1. The molecular weight excluding hydrogens is 302 g/mol. The third-order valence-corrected chi connectivity index (χ3v) is 4.59. The first-order chi connectivity index (χ1) is 11.6. The van der Waals surface area contributed by atoms with Crippen LogP contribution < -0.4 is 5.32 Å². The first-order valence-electron chi connectivity index (χ1n) is 7.87. The van der Waals surface area contributed by atoms with Gasteiger partial charge in [-0.05, 0) is 23.8 Å². The summed E-state index contributed by atoms with van der Waals surface area (Å²) in [4.78, 5) is 30.1. The molecule has 0 aliphatic carbocycles. The van der Waals surface area contributed by atoms with Crippen molar-refractivity contribution >= 4 is 28.4 Å². The molecule has 2 aromatic carbocycles. The number of fused-ring (bicyclic) bond motifs is 2. The first kappa shape index (κ1) is 14.5. The van der Waals surface area contributed by atoms with Crippen molar-refractivity contribution in [3.8, 4) is 0 Å². The van der Waals surface area contributed by atoms with Crippen molar-refractivity contribution in [3.63, 3.8) is 0 Å². The van der Waals surface area contributed by atoms with Crippen molar-refractivity contribution < 1.29 is 9.59 Å². The van der Waals surface area contributed by atoms with E-state index in [0.717, 1.165) is 16.5 Å². The van der Waals surface area contributed by atoms with Gasteiger partial charge in [0, 0.05) is 30.6 Å². The Morgan fingerprint density at radius 3 is 2.67 bits per heavy atom. The number of para-hydroxylation sites is 2. The normalized spacial score (nSPS) is 17.5. The third-order valence-electron chi connectivity index (χ3n) is 4.59. The van der Waals surface area contributed by atoms with E-state index in [9.17, 15) is 9.59 Å². The molecule has 120 valence electrons. The number of anilines is 1. The summed E-state index contributed by atoms with van der Waals surface area (Å²) < 4.78 is 0. The molecule has 1 atom stereocenters. The summed E-state index contributed by atoms with van der Waals surface area (Å²) in [6.45, 7) is 0. The molecule has 1 aromatic heterocycles. The lowest BCUT2D eigenvalue weighted by atomic mass is 10.0. The molecule has 0 radical (unpaired) electrons. The molecule has 5 heteroatoms. The third kappa shape index (κ3) is 2.25. The van der Waals surface area contributed by atoms with Crippen molar-refractivity contribution in [1.29, 1.82) is 0 Å². The van der Waals surface area contributed by atoms with Gasteiger partial charge in [0.25, 0.3) is 5.91 Å². The van der Waals surface area contributed by atoms with E-state index in [4.69, 9.17) is 0 Å². The molecule has 0 fully saturated rings. The van der Waals surface area contributed by atoms with Crippen LogP contribution in [-0.2, 0) is 11.2 Å². The molecule has 2 N–H and O–H groups in total. The maximum Gasteiger partial charge on any atom is 0.256 e. The Kier molecular flexibility index (Phi) is 3.34. The molecule has 3 aromatic rings. The maximum atomic E-state index is 12.7. The topological polar surface area (TPSA) is 65.2 Å². The SMILES string of the molecule is CN1C(=O)c2ccccc2NC(=O)[C@@H]1Cc1c[nH]c2ccccc12. The second kappa shape index (κ2) is 5.53. The van der Waals surface area contributed by atoms with Crippen LogP contribution in [0.2, 0.25) is 0 Å². The van der Waals surface area contributed by atoms with Gasteiger partial charge in [-0.15, -0.1) is 0 Å². The first-order valence-corrected chi connectivity index (χ1v) is 7.87. The molecule has 0 unspecified atom stereocenters. The number of nitrogens with one attached hydrogen (secondary N) is 2. The molecule has 4 rings (SSSR count). The van der Waals surface area contributed by atoms with Gasteiger partial charge in [0.2, 0.25) is 5.91 Å². The summed E-state index contributed by atoms with van der Waals surface area (Å²) in [7, 11) is 1.68. The maximum absolute atomic E-state index is 12.7. The highest BCUT2D eigenvalue weighted by Crippen LogP contribution is 2.25. The van der Waals surface area contributed by atoms with E-state index in [1.165, 1.54) is 4.90 Å². The average molecular weight is 319 g/mol. The van der Waals surface area contributed by atoms with Crippen LogP contribution in [0.4, 0.5) is 5.69 Å². The number of carbonyl (C=O) groups is 2. The second-order valence-electron chi connectivity index (χ2n) is 6.03. The quantitative estimate of drug-likeness (QED) is 0.763. The summed E-state index contributed by atoms with van der Waals surface area (Å²) in [5.74, 6) is -0.310. The van der Waals surface area contributed by atoms with Crippen molar-refractivity contribution in [1.82, 2.24) is 9.88 Å². The number of hydrogen-bond donors (Lipinski definition) is 2. The molecule has 2 heterocycles. The minimum Gasteiger partial charge on any atom is -0.361 e. The average Bonchev–Trinajstić information content (AvgIpc) is 2.98. The Morgan fingerprint density at radius 2 is 1.79 bits per heavy atom. The number of aromatic nitrogens is 1. The fraction of sp³-hybridized carbons (Fsp3) is 0.158. The predicted octanol–water partition coefficient (Wildman–Crippen LogP) is 2.80. The van der Waals surface area contributed by atoms with Crippen LogP contribution in [0.25, 0.3) is 10.9 Å². The summed E-state index contributed by atoms with van der Waals surface area (Å²) in [6, 6.07) is 14.5. The van der Waals surface area contributed by atoms with E-state index in [-0.39, 0.29) is 11.8 Å². The monoisotopic (exact) mass is 319 g/mol. The van der Waals surface area contributed by atoms with Crippen LogP contribution in [0.5, 0.6) is 0 Å². The van der Waals surface area contributed by atoms with Crippen LogP contribution in [0, 0.1) is 0 Å². The highest BCUT2D eigenvalue weighted by molar-refractivity contribution is 6.09. The Labute approximate surface area is 139 Å². The molecular formula is C19H17N3O2. The van der Waals surface area contributed by atoms with E-state index >= 15 is 0 Å². The van der Waals surface area contributed by atoms with Gasteiger partial charge < -0.3 is 15.2 Å². The number of H-pyrrole nitrogens is 1. The summed E-state index contributed by atoms with van der Waals surface area (Å²) in [5, 5.41) is 3.96. The Morgan fingerprint density at radius 1 is 1.04 bits per heavy atom. The molecule has 1 aliphatic rings. The van der Waals surface area contributed by atoms with E-state index in [2.05, 4.69) is 10.3 Å². The number of aromatic amines is 1. The number of rotatable bonds is 2. The highest BCUT2D eigenvalue weighted by Gasteiger charge is 2.33. The van der Waals surface area contributed by atoms with Gasteiger partial charge in [-0.25, -0.2) is 0 Å². The lowest BCUT2D eigenvalue weighted by Crippen LogP contribution is -2.44. The molecule has 0 saturated heterocycles. The van der Waals surface area contributed by atoms with Crippen molar-refractivity contribution in [2.75, 3.05) is 12.4 Å². The number of hydrogen-bond acceptors (Lipinski definition) is 2. The van der Waals surface area contributed by atoms with Crippen LogP contribution in [0.1, 0.15) is 15.9 Å². The van der Waals surface area contributed by atoms with Gasteiger partial charge in [-0.3, -0.25) is 9.59 Å². The van der Waals surface area contributed by atoms with Crippen LogP contribution >= 0.6 is 0 Å². The zero-order valence-electron chi connectivity index (χ0n) is 13.2. The molecule has 2 amide bonds. The van der Waals surface area contributed by atoms with Gasteiger partial charge in [-0.1, -0.05) is 30.3 Å². The number of carbonyl (C=O) groups excluding carboxylic acids is 2. The Bertz CT molecular complexity index is 944. The predicted molar refractivity (Wildman–Crippen MR) is 93.0 cm³/mol. The lowest BCUT2D eigenvalue weighted by Gasteiger charge is -2.24. The van der Waals surface area contributed by atoms with E-state index in [1.807, 2.05) is 36.5 Å². The summed E-state index contributed by atoms with van der Waals surface area (Å²) >= 11 is 0. The molecule has 0 saturated carbocycles. The smallest absolute Gasteiger partial charge is 0.256 e. The Hall–Kier alpha value is -3.08. The molecule has 0 bridgehead atoms. The minimum atomic E-state index is -0.552. The fourth-order valence-electron chi connectivity index (χ4n) is 3.24. The standard InChI is InChI=1S/C19H17N3O2/c1-22-17(10-12-11-20-15-8-4-2-6-13(12)15)18(23)21-16-9-5-3-7-14(16)19(22)24/h2-9,11,17,20H,10H2,1H3,(H,21,23)/t17-/m0/s1. The number of amides is 2. The zero-order chi connectivity index (χ0) is 16.7. The minimum absolute atomic E-state index is 0.145. The van der Waals surface area contributed by atoms with Crippen molar-refractivity contribution in [2.24, 2.45) is 0 Å². The van der Waals surface area contributed by atoms with Gasteiger partial charge in [0.1, 0.15) is 6.04 Å². The van der Waals surface area contributed by atoms with Crippen LogP contribution in [0.15, 0.2) is 54.7 Å². The fourth-order valence-corrected chi connectivity index (χ4v) is 3.24. The van der Waals surface area contributed by atoms with Gasteiger partial charge >= 0.3 is 0 Å². The molecule has 1 aliphatic heterocycles. The van der Waals surface area contributed by atoms with Crippen LogP contribution in [-0.4, -0.2) is 34.8 Å². The van der Waals surface area contributed by atoms with E-state index in [1.54, 1.807) is 25.2 Å². The Balaban J connectivity index is 1.71. The molecule has 24 heavy (non-hydrogen) atoms. The second-order valence-corrected chi connectivity index (χ2v) is 6.03. The summed E-state index contributed by atoms with van der Waals surface area (Å²) in [5.41, 5.74) is 3.14. The highest BCUT2D eigenvalue weighted by atomic mass is 16.2. The van der Waals surface area contributed by atoms with Gasteiger partial charge in [0.15, 0.2) is 0 Å². The van der Waals surface area contributed by atoms with Crippen molar-refractivity contribution in [2.45, 2.75) is 12.5 Å². The number of nitrogens with zero attached hydrogens (tertiary/aromatic N) is 1. The number of benzene rings is 2. The van der Waals surface area contributed by atoms with E-state index in [0.29, 0.717) is 17.7 Å².